The molecule has 0 saturated heterocycles. The lowest BCUT2D eigenvalue weighted by atomic mass is 10.1. The van der Waals surface area contributed by atoms with Crippen molar-refractivity contribution in [3.63, 3.8) is 0 Å². The number of rotatable bonds is 37. The van der Waals surface area contributed by atoms with Crippen LogP contribution in [0.5, 0.6) is 0 Å². The summed E-state index contributed by atoms with van der Waals surface area (Å²) in [6.07, 6.45) is 48.0. The van der Waals surface area contributed by atoms with Crippen LogP contribution >= 0.6 is 0 Å². The van der Waals surface area contributed by atoms with E-state index in [2.05, 4.69) is 48.4 Å². The molecule has 266 valence electrons. The lowest BCUT2D eigenvalue weighted by Crippen LogP contribution is -2.34. The van der Waals surface area contributed by atoms with Crippen LogP contribution in [0.15, 0.2) is 24.3 Å². The zero-order valence-corrected chi connectivity index (χ0v) is 30.8. The van der Waals surface area contributed by atoms with E-state index in [4.69, 9.17) is 5.73 Å². The summed E-state index contributed by atoms with van der Waals surface area (Å²) in [7, 11) is 0. The minimum Gasteiger partial charge on any atom is -0.355 e. The number of nitrogens with one attached hydrogen (secondary N) is 1. The zero-order chi connectivity index (χ0) is 32.7. The van der Waals surface area contributed by atoms with Crippen molar-refractivity contribution < 1.29 is 4.79 Å². The summed E-state index contributed by atoms with van der Waals surface area (Å²) in [4.78, 5) is 14.7. The van der Waals surface area contributed by atoms with Gasteiger partial charge in [0.2, 0.25) is 5.91 Å². The van der Waals surface area contributed by atoms with Gasteiger partial charge in [-0.05, 0) is 77.3 Å². The maximum absolute atomic E-state index is 12.2. The van der Waals surface area contributed by atoms with Gasteiger partial charge in [0, 0.05) is 26.1 Å². The fraction of sp³-hybridized carbons (Fsp3) is 0.878. The highest BCUT2D eigenvalue weighted by Crippen LogP contribution is 2.13. The van der Waals surface area contributed by atoms with Gasteiger partial charge in [0.15, 0.2) is 0 Å². The minimum absolute atomic E-state index is 0.146. The highest BCUT2D eigenvalue weighted by molar-refractivity contribution is 5.76. The number of carbonyl (C=O) groups is 1. The molecule has 0 saturated carbocycles. The predicted molar refractivity (Wildman–Crippen MR) is 202 cm³/mol. The molecule has 0 aliphatic heterocycles. The third-order valence-electron chi connectivity index (χ3n) is 9.09. The van der Waals surface area contributed by atoms with Crippen LogP contribution in [-0.4, -0.2) is 43.5 Å². The Balaban J connectivity index is 3.87. The van der Waals surface area contributed by atoms with E-state index in [0.29, 0.717) is 19.5 Å². The van der Waals surface area contributed by atoms with Gasteiger partial charge < -0.3 is 16.0 Å². The van der Waals surface area contributed by atoms with E-state index in [-0.39, 0.29) is 5.91 Å². The summed E-state index contributed by atoms with van der Waals surface area (Å²) in [6.45, 7) is 8.83. The molecule has 0 aromatic heterocycles. The second kappa shape index (κ2) is 39.1. The number of nitrogens with zero attached hydrogens (tertiary/aromatic N) is 1. The average molecular weight is 632 g/mol. The molecular weight excluding hydrogens is 550 g/mol. The number of amides is 1. The topological polar surface area (TPSA) is 58.4 Å². The van der Waals surface area contributed by atoms with Gasteiger partial charge >= 0.3 is 0 Å². The van der Waals surface area contributed by atoms with Crippen LogP contribution in [0.25, 0.3) is 0 Å². The summed E-state index contributed by atoms with van der Waals surface area (Å²) < 4.78 is 0. The molecule has 0 unspecified atom stereocenters. The van der Waals surface area contributed by atoms with E-state index in [1.807, 2.05) is 0 Å². The molecule has 0 aromatic carbocycles. The van der Waals surface area contributed by atoms with Crippen LogP contribution in [0.1, 0.15) is 200 Å². The molecule has 0 atom stereocenters. The molecule has 0 bridgehead atoms. The van der Waals surface area contributed by atoms with Gasteiger partial charge in [-0.25, -0.2) is 0 Å². The first-order valence-corrected chi connectivity index (χ1v) is 20.2. The van der Waals surface area contributed by atoms with E-state index >= 15 is 0 Å². The normalized spacial score (nSPS) is 11.9. The highest BCUT2D eigenvalue weighted by atomic mass is 16.1. The first-order valence-electron chi connectivity index (χ1n) is 20.2. The minimum atomic E-state index is 0.146. The standard InChI is InChI=1S/C41H81N3O/c1-3-5-7-9-11-13-15-17-19-21-23-25-27-29-31-33-38-44(40-35-41(45)43-37-36-42)39-34-32-30-28-26-24-22-20-18-16-14-12-10-8-6-4-2/h17-20H,3-16,21-40,42H2,1-2H3,(H,43,45). The van der Waals surface area contributed by atoms with Crippen molar-refractivity contribution in [3.8, 4) is 0 Å². The van der Waals surface area contributed by atoms with Crippen molar-refractivity contribution in [1.29, 1.82) is 0 Å². The number of hydrogen-bond donors (Lipinski definition) is 2. The lowest BCUT2D eigenvalue weighted by Gasteiger charge is -2.22. The van der Waals surface area contributed by atoms with Gasteiger partial charge in [-0.2, -0.15) is 0 Å². The molecule has 0 aliphatic carbocycles. The molecule has 0 heterocycles. The number of hydrogen-bond acceptors (Lipinski definition) is 3. The largest absolute Gasteiger partial charge is 0.355 e. The van der Waals surface area contributed by atoms with E-state index in [9.17, 15) is 4.79 Å². The predicted octanol–water partition coefficient (Wildman–Crippen LogP) is 11.8. The van der Waals surface area contributed by atoms with E-state index in [0.717, 1.165) is 19.6 Å². The zero-order valence-electron chi connectivity index (χ0n) is 30.8. The van der Waals surface area contributed by atoms with Crippen molar-refractivity contribution in [2.24, 2.45) is 5.73 Å². The average Bonchev–Trinajstić information content (AvgIpc) is 3.05. The van der Waals surface area contributed by atoms with Gasteiger partial charge in [0.25, 0.3) is 0 Å². The van der Waals surface area contributed by atoms with Gasteiger partial charge in [-0.15, -0.1) is 0 Å². The van der Waals surface area contributed by atoms with E-state index in [1.165, 1.54) is 180 Å². The lowest BCUT2D eigenvalue weighted by molar-refractivity contribution is -0.121. The molecule has 0 fully saturated rings. The molecule has 1 amide bonds. The second-order valence-corrected chi connectivity index (χ2v) is 13.6. The van der Waals surface area contributed by atoms with Crippen LogP contribution < -0.4 is 11.1 Å². The monoisotopic (exact) mass is 632 g/mol. The van der Waals surface area contributed by atoms with Gasteiger partial charge in [0.1, 0.15) is 0 Å². The fourth-order valence-electron chi connectivity index (χ4n) is 6.06. The Hall–Kier alpha value is -1.13. The second-order valence-electron chi connectivity index (χ2n) is 13.6. The third-order valence-corrected chi connectivity index (χ3v) is 9.09. The van der Waals surface area contributed by atoms with Crippen LogP contribution in [0.3, 0.4) is 0 Å². The van der Waals surface area contributed by atoms with Crippen LogP contribution in [0.4, 0.5) is 0 Å². The molecule has 3 N–H and O–H groups in total. The first kappa shape index (κ1) is 43.9. The van der Waals surface area contributed by atoms with Crippen molar-refractivity contribution in [2.75, 3.05) is 32.7 Å². The summed E-state index contributed by atoms with van der Waals surface area (Å²) >= 11 is 0. The molecule has 4 nitrogen and oxygen atoms in total. The highest BCUT2D eigenvalue weighted by Gasteiger charge is 2.08. The Labute approximate surface area is 283 Å². The Morgan fingerprint density at radius 1 is 0.489 bits per heavy atom. The maximum Gasteiger partial charge on any atom is 0.221 e. The Morgan fingerprint density at radius 3 is 1.18 bits per heavy atom. The Morgan fingerprint density at radius 2 is 0.822 bits per heavy atom. The van der Waals surface area contributed by atoms with Gasteiger partial charge in [-0.3, -0.25) is 4.79 Å². The Bertz CT molecular complexity index is 590. The molecule has 0 rings (SSSR count). The van der Waals surface area contributed by atoms with Crippen LogP contribution in [0.2, 0.25) is 0 Å². The molecular formula is C41H81N3O. The van der Waals surface area contributed by atoms with Crippen LogP contribution in [-0.2, 0) is 4.79 Å². The summed E-state index contributed by atoms with van der Waals surface area (Å²) in [5.74, 6) is 0.146. The van der Waals surface area contributed by atoms with Crippen LogP contribution in [0, 0.1) is 0 Å². The maximum atomic E-state index is 12.2. The van der Waals surface area contributed by atoms with Crippen molar-refractivity contribution in [1.82, 2.24) is 10.2 Å². The SMILES string of the molecule is CCCCCCCCC=CCCCCCCCCN(CCCCCCCCC=CCCCCCCCC)CCC(=O)NCCN. The molecule has 0 aromatic rings. The number of unbranched alkanes of at least 4 members (excludes halogenated alkanes) is 24. The van der Waals surface area contributed by atoms with Gasteiger partial charge in [0.05, 0.1) is 0 Å². The number of nitrogens with two attached hydrogens (primary N) is 1. The van der Waals surface area contributed by atoms with Gasteiger partial charge in [-0.1, -0.05) is 154 Å². The summed E-state index contributed by atoms with van der Waals surface area (Å²) in [6, 6.07) is 0. The molecule has 45 heavy (non-hydrogen) atoms. The fourth-order valence-corrected chi connectivity index (χ4v) is 6.06. The third kappa shape index (κ3) is 37.2. The molecule has 4 heteroatoms. The van der Waals surface area contributed by atoms with E-state index < -0.39 is 0 Å². The summed E-state index contributed by atoms with van der Waals surface area (Å²) in [5, 5.41) is 2.94. The molecule has 0 radical (unpaired) electrons. The smallest absolute Gasteiger partial charge is 0.221 e. The molecule has 0 spiro atoms. The quantitative estimate of drug-likeness (QED) is 0.0530. The Kier molecular flexibility index (Phi) is 38.1. The first-order chi connectivity index (χ1) is 22.2. The molecule has 0 aliphatic rings. The van der Waals surface area contributed by atoms with Crippen molar-refractivity contribution in [2.45, 2.75) is 200 Å². The van der Waals surface area contributed by atoms with E-state index in [1.54, 1.807) is 0 Å². The van der Waals surface area contributed by atoms with Crippen molar-refractivity contribution >= 4 is 5.91 Å². The number of allylic oxidation sites excluding steroid dienone is 4. The van der Waals surface area contributed by atoms with Crippen molar-refractivity contribution in [3.05, 3.63) is 24.3 Å². The summed E-state index contributed by atoms with van der Waals surface area (Å²) in [5.41, 5.74) is 5.55. The number of carbonyl (C=O) groups excluding carboxylic acids is 1.